The van der Waals surface area contributed by atoms with E-state index in [-0.39, 0.29) is 18.3 Å². The van der Waals surface area contributed by atoms with Crippen molar-refractivity contribution in [3.8, 4) is 0 Å². The maximum atomic E-state index is 12.9. The lowest BCUT2D eigenvalue weighted by atomic mass is 10.0. The summed E-state index contributed by atoms with van der Waals surface area (Å²) >= 11 is 1.52. The largest absolute Gasteiger partial charge is 0.480 e. The summed E-state index contributed by atoms with van der Waals surface area (Å²) in [6.45, 7) is 8.30. The van der Waals surface area contributed by atoms with Gasteiger partial charge in [-0.15, -0.1) is 0 Å². The fraction of sp³-hybridized carbons (Fsp3) is 0.739. The van der Waals surface area contributed by atoms with Crippen molar-refractivity contribution in [2.45, 2.75) is 84.1 Å². The Morgan fingerprint density at radius 2 is 1.38 bits per heavy atom. The van der Waals surface area contributed by atoms with Crippen LogP contribution in [0, 0.1) is 11.8 Å². The summed E-state index contributed by atoms with van der Waals surface area (Å²) in [6.07, 6.45) is 1.90. The van der Waals surface area contributed by atoms with Gasteiger partial charge in [-0.2, -0.15) is 11.8 Å². The second-order valence-corrected chi connectivity index (χ2v) is 10.6. The van der Waals surface area contributed by atoms with Crippen molar-refractivity contribution in [3.05, 3.63) is 0 Å². The van der Waals surface area contributed by atoms with Gasteiger partial charge >= 0.3 is 5.97 Å². The monoisotopic (exact) mass is 546 g/mol. The minimum atomic E-state index is -1.44. The van der Waals surface area contributed by atoms with Gasteiger partial charge in [0.2, 0.25) is 29.5 Å². The zero-order chi connectivity index (χ0) is 28.9. The molecule has 0 aliphatic rings. The predicted octanol–water partition coefficient (Wildman–Crippen LogP) is -1.31. The van der Waals surface area contributed by atoms with Crippen LogP contribution in [0.2, 0.25) is 0 Å². The molecule has 0 aliphatic heterocycles. The number of thioether (sulfide) groups is 1. The predicted molar refractivity (Wildman–Crippen MR) is 140 cm³/mol. The molecular weight excluding hydrogens is 504 g/mol. The normalized spacial score (nSPS) is 15.2. The molecular formula is C23H42N6O7S. The Kier molecular flexibility index (Phi) is 15.5. The van der Waals surface area contributed by atoms with Crippen molar-refractivity contribution in [2.75, 3.05) is 12.0 Å². The first kappa shape index (κ1) is 34.1. The molecule has 212 valence electrons. The molecule has 0 spiro atoms. The van der Waals surface area contributed by atoms with Gasteiger partial charge < -0.3 is 37.8 Å². The molecule has 5 amide bonds. The first-order valence-corrected chi connectivity index (χ1v) is 13.5. The Hall–Kier alpha value is -2.87. The molecule has 0 aliphatic carbocycles. The van der Waals surface area contributed by atoms with E-state index >= 15 is 0 Å². The summed E-state index contributed by atoms with van der Waals surface area (Å²) in [6, 6.07) is -5.64. The van der Waals surface area contributed by atoms with Crippen LogP contribution in [0.25, 0.3) is 0 Å². The minimum Gasteiger partial charge on any atom is -0.480 e. The Bertz CT molecular complexity index is 823. The van der Waals surface area contributed by atoms with Gasteiger partial charge in [-0.25, -0.2) is 4.79 Å². The van der Waals surface area contributed by atoms with Crippen molar-refractivity contribution in [3.63, 3.8) is 0 Å². The van der Waals surface area contributed by atoms with Crippen LogP contribution >= 0.6 is 11.8 Å². The van der Waals surface area contributed by atoms with E-state index in [0.717, 1.165) is 0 Å². The average Bonchev–Trinajstić information content (AvgIpc) is 2.78. The van der Waals surface area contributed by atoms with Gasteiger partial charge in [-0.05, 0) is 43.6 Å². The van der Waals surface area contributed by atoms with Crippen LogP contribution in [0.4, 0.5) is 0 Å². The zero-order valence-corrected chi connectivity index (χ0v) is 23.1. The summed E-state index contributed by atoms with van der Waals surface area (Å²) in [5.41, 5.74) is 11.1. The number of carboxylic acids is 1. The number of primary amides is 1. The number of carboxylic acid groups (broad SMARTS) is 1. The Morgan fingerprint density at radius 1 is 0.811 bits per heavy atom. The van der Waals surface area contributed by atoms with Gasteiger partial charge in [0.1, 0.15) is 24.2 Å². The Labute approximate surface area is 222 Å². The molecule has 0 fully saturated rings. The topological polar surface area (TPSA) is 223 Å². The van der Waals surface area contributed by atoms with Crippen LogP contribution in [0.15, 0.2) is 0 Å². The molecule has 14 heteroatoms. The summed E-state index contributed by atoms with van der Waals surface area (Å²) in [4.78, 5) is 73.7. The maximum Gasteiger partial charge on any atom is 0.326 e. The van der Waals surface area contributed by atoms with Gasteiger partial charge in [-0.1, -0.05) is 27.7 Å². The van der Waals surface area contributed by atoms with Crippen LogP contribution in [-0.4, -0.2) is 82.8 Å². The van der Waals surface area contributed by atoms with E-state index in [1.165, 1.54) is 18.7 Å². The quantitative estimate of drug-likeness (QED) is 0.115. The molecule has 0 saturated carbocycles. The maximum absolute atomic E-state index is 12.9. The van der Waals surface area contributed by atoms with Crippen LogP contribution in [-0.2, 0) is 28.8 Å². The van der Waals surface area contributed by atoms with Gasteiger partial charge in [0.25, 0.3) is 0 Å². The highest BCUT2D eigenvalue weighted by molar-refractivity contribution is 7.98. The van der Waals surface area contributed by atoms with Crippen molar-refractivity contribution in [1.29, 1.82) is 0 Å². The number of amides is 5. The van der Waals surface area contributed by atoms with E-state index in [1.807, 2.05) is 6.26 Å². The van der Waals surface area contributed by atoms with Crippen LogP contribution in [0.5, 0.6) is 0 Å². The van der Waals surface area contributed by atoms with E-state index in [4.69, 9.17) is 11.5 Å². The minimum absolute atomic E-state index is 0.00376. The van der Waals surface area contributed by atoms with E-state index < -0.39 is 72.1 Å². The molecule has 0 rings (SSSR count). The third-order valence-electron chi connectivity index (χ3n) is 5.33. The lowest BCUT2D eigenvalue weighted by Gasteiger charge is -2.26. The molecule has 0 unspecified atom stereocenters. The Balaban J connectivity index is 5.41. The van der Waals surface area contributed by atoms with Crippen LogP contribution in [0.1, 0.15) is 53.9 Å². The third kappa shape index (κ3) is 13.3. The molecule has 13 nitrogen and oxygen atoms in total. The number of hydrogen-bond acceptors (Lipinski definition) is 8. The summed E-state index contributed by atoms with van der Waals surface area (Å²) in [5.74, 6) is -4.72. The van der Waals surface area contributed by atoms with Crippen molar-refractivity contribution >= 4 is 47.3 Å². The molecule has 5 atom stereocenters. The zero-order valence-electron chi connectivity index (χ0n) is 22.3. The lowest BCUT2D eigenvalue weighted by Crippen LogP contribution is -2.59. The van der Waals surface area contributed by atoms with E-state index in [0.29, 0.717) is 12.2 Å². The molecule has 0 aromatic heterocycles. The lowest BCUT2D eigenvalue weighted by molar-refractivity contribution is -0.142. The molecule has 0 heterocycles. The highest BCUT2D eigenvalue weighted by atomic mass is 32.2. The third-order valence-corrected chi connectivity index (χ3v) is 5.97. The number of rotatable bonds is 17. The first-order chi connectivity index (χ1) is 17.1. The molecule has 0 aromatic carbocycles. The Morgan fingerprint density at radius 3 is 1.84 bits per heavy atom. The van der Waals surface area contributed by atoms with Gasteiger partial charge in [0.05, 0.1) is 12.5 Å². The van der Waals surface area contributed by atoms with Gasteiger partial charge in [-0.3, -0.25) is 24.0 Å². The van der Waals surface area contributed by atoms with Crippen LogP contribution in [0.3, 0.4) is 0 Å². The second-order valence-electron chi connectivity index (χ2n) is 9.61. The number of aliphatic carboxylic acids is 1. The summed E-state index contributed by atoms with van der Waals surface area (Å²) in [7, 11) is 0. The van der Waals surface area contributed by atoms with Crippen LogP contribution < -0.4 is 32.7 Å². The molecule has 0 aromatic rings. The highest BCUT2D eigenvalue weighted by Gasteiger charge is 2.32. The molecule has 0 saturated heterocycles. The van der Waals surface area contributed by atoms with Crippen molar-refractivity contribution in [1.82, 2.24) is 21.3 Å². The average molecular weight is 547 g/mol. The number of carbonyl (C=O) groups is 6. The number of hydrogen-bond donors (Lipinski definition) is 7. The van der Waals surface area contributed by atoms with E-state index in [1.54, 1.807) is 27.7 Å². The van der Waals surface area contributed by atoms with Crippen molar-refractivity contribution in [2.24, 2.45) is 23.3 Å². The summed E-state index contributed by atoms with van der Waals surface area (Å²) < 4.78 is 0. The number of nitrogens with two attached hydrogens (primary N) is 2. The highest BCUT2D eigenvalue weighted by Crippen LogP contribution is 2.07. The number of carbonyl (C=O) groups excluding carboxylic acids is 5. The molecule has 0 bridgehead atoms. The van der Waals surface area contributed by atoms with E-state index in [2.05, 4.69) is 21.3 Å². The first-order valence-electron chi connectivity index (χ1n) is 12.1. The SMILES string of the molecule is CSCC[C@H](N)C(=O)N[C@H](C(=O)N[C@@H](CC(N)=O)C(=O)N[C@@H](C)C(=O)N[C@@H](CC(C)C)C(=O)O)C(C)C. The summed E-state index contributed by atoms with van der Waals surface area (Å²) in [5, 5.41) is 19.0. The smallest absolute Gasteiger partial charge is 0.326 e. The van der Waals surface area contributed by atoms with Gasteiger partial charge in [0.15, 0.2) is 0 Å². The molecule has 37 heavy (non-hydrogen) atoms. The van der Waals surface area contributed by atoms with Crippen molar-refractivity contribution < 1.29 is 33.9 Å². The fourth-order valence-corrected chi connectivity index (χ4v) is 3.70. The standard InChI is InChI=1S/C23H42N6O7S/c1-11(2)9-16(23(35)36)28-19(31)13(5)26-21(33)15(10-17(25)30)27-22(34)18(12(3)4)29-20(32)14(24)7-8-37-6/h11-16,18H,7-10,24H2,1-6H3,(H2,25,30)(H,26,33)(H,27,34)(H,28,31)(H,29,32)(H,35,36)/t13-,14-,15-,16-,18-/m0/s1. The fourth-order valence-electron chi connectivity index (χ4n) is 3.21. The second kappa shape index (κ2) is 16.8. The van der Waals surface area contributed by atoms with E-state index in [9.17, 15) is 33.9 Å². The number of nitrogens with one attached hydrogen (secondary N) is 4. The molecule has 9 N–H and O–H groups in total. The molecule has 0 radical (unpaired) electrons. The van der Waals surface area contributed by atoms with Gasteiger partial charge in [0, 0.05) is 0 Å².